The molecule has 1 fully saturated rings. The molecule has 0 bridgehead atoms. The molecule has 0 saturated carbocycles. The molecule has 0 aliphatic carbocycles. The number of hydrogen-bond donors (Lipinski definition) is 1. The van der Waals surface area contributed by atoms with E-state index in [1.165, 1.54) is 0 Å². The van der Waals surface area contributed by atoms with Gasteiger partial charge in [-0.05, 0) is 34.1 Å². The lowest BCUT2D eigenvalue weighted by atomic mass is 9.97. The second-order valence-electron chi connectivity index (χ2n) is 4.89. The summed E-state index contributed by atoms with van der Waals surface area (Å²) in [6.45, 7) is 8.11. The average molecular weight is 264 g/mol. The van der Waals surface area contributed by atoms with Gasteiger partial charge in [0.25, 0.3) is 0 Å². The molecule has 4 heteroatoms. The number of amides is 1. The molecule has 1 saturated heterocycles. The Balaban J connectivity index is 2.86. The number of nitrogens with zero attached hydrogens (tertiary/aromatic N) is 1. The van der Waals surface area contributed by atoms with Crippen molar-refractivity contribution in [3.8, 4) is 0 Å². The fraction of sp³-hybridized carbons (Fsp3) is 0.900. The molecule has 1 amide bonds. The largest absolute Gasteiger partial charge is 0.391 e. The van der Waals surface area contributed by atoms with Gasteiger partial charge >= 0.3 is 0 Å². The Hall–Kier alpha value is -0.0900. The first kappa shape index (κ1) is 12.0. The van der Waals surface area contributed by atoms with Crippen LogP contribution < -0.4 is 0 Å². The van der Waals surface area contributed by atoms with Crippen LogP contribution in [0.2, 0.25) is 0 Å². The molecule has 1 aliphatic rings. The van der Waals surface area contributed by atoms with Crippen LogP contribution in [0.5, 0.6) is 0 Å². The number of alkyl halides is 1. The van der Waals surface area contributed by atoms with Gasteiger partial charge in [0.1, 0.15) is 0 Å². The number of rotatable bonds is 1. The molecule has 0 spiro atoms. The molecule has 1 aliphatic heterocycles. The third-order valence-electron chi connectivity index (χ3n) is 2.89. The Kier molecular flexibility index (Phi) is 2.99. The summed E-state index contributed by atoms with van der Waals surface area (Å²) in [7, 11) is 0. The van der Waals surface area contributed by atoms with Gasteiger partial charge in [0, 0.05) is 6.54 Å². The van der Waals surface area contributed by atoms with Gasteiger partial charge in [-0.25, -0.2) is 0 Å². The molecule has 0 aromatic rings. The Labute approximate surface area is 93.6 Å². The van der Waals surface area contributed by atoms with E-state index in [1.807, 2.05) is 27.7 Å². The molecule has 82 valence electrons. The van der Waals surface area contributed by atoms with Crippen molar-refractivity contribution in [1.29, 1.82) is 0 Å². The molecular formula is C10H18BrNO2. The van der Waals surface area contributed by atoms with Crippen molar-refractivity contribution in [2.45, 2.75) is 50.1 Å². The minimum Gasteiger partial charge on any atom is -0.391 e. The lowest BCUT2D eigenvalue weighted by molar-refractivity contribution is -0.137. The van der Waals surface area contributed by atoms with Crippen LogP contribution >= 0.6 is 15.9 Å². The van der Waals surface area contributed by atoms with Crippen molar-refractivity contribution in [1.82, 2.24) is 4.90 Å². The predicted molar refractivity (Wildman–Crippen MR) is 59.4 cm³/mol. The van der Waals surface area contributed by atoms with Gasteiger partial charge in [-0.1, -0.05) is 15.9 Å². The highest BCUT2D eigenvalue weighted by molar-refractivity contribution is 9.10. The van der Waals surface area contributed by atoms with Crippen LogP contribution in [0, 0.1) is 0 Å². The number of carbonyl (C=O) groups is 1. The molecule has 1 rings (SSSR count). The van der Waals surface area contributed by atoms with Crippen LogP contribution in [0.1, 0.15) is 34.1 Å². The van der Waals surface area contributed by atoms with E-state index < -0.39 is 16.0 Å². The second-order valence-corrected chi connectivity index (χ2v) is 6.87. The van der Waals surface area contributed by atoms with E-state index >= 15 is 0 Å². The summed E-state index contributed by atoms with van der Waals surface area (Å²) in [6.07, 6.45) is 0.253. The van der Waals surface area contributed by atoms with E-state index in [1.54, 1.807) is 4.90 Å². The fourth-order valence-electron chi connectivity index (χ4n) is 1.76. The lowest BCUT2D eigenvalue weighted by Crippen LogP contribution is -2.52. The molecular weight excluding hydrogens is 246 g/mol. The Bertz CT molecular complexity index is 245. The Morgan fingerprint density at radius 1 is 1.57 bits per heavy atom. The first-order valence-corrected chi connectivity index (χ1v) is 5.65. The predicted octanol–water partition coefficient (Wildman–Crippen LogP) is 1.53. The van der Waals surface area contributed by atoms with Crippen LogP contribution in [0.25, 0.3) is 0 Å². The quantitative estimate of drug-likeness (QED) is 0.730. The van der Waals surface area contributed by atoms with Gasteiger partial charge in [-0.15, -0.1) is 0 Å². The molecule has 1 heterocycles. The van der Waals surface area contributed by atoms with Crippen LogP contribution in [-0.2, 0) is 4.79 Å². The summed E-state index contributed by atoms with van der Waals surface area (Å²) < 4.78 is -0.547. The van der Waals surface area contributed by atoms with Crippen LogP contribution in [0.3, 0.4) is 0 Å². The molecule has 14 heavy (non-hydrogen) atoms. The zero-order valence-corrected chi connectivity index (χ0v) is 10.8. The van der Waals surface area contributed by atoms with Crippen molar-refractivity contribution in [3.63, 3.8) is 0 Å². The zero-order chi connectivity index (χ0) is 11.1. The van der Waals surface area contributed by atoms with Gasteiger partial charge in [0.05, 0.1) is 16.0 Å². The smallest absolute Gasteiger partial charge is 0.239 e. The van der Waals surface area contributed by atoms with Crippen molar-refractivity contribution in [2.75, 3.05) is 6.54 Å². The number of halogens is 1. The summed E-state index contributed by atoms with van der Waals surface area (Å²) in [4.78, 5) is 13.8. The Morgan fingerprint density at radius 2 is 2.07 bits per heavy atom. The van der Waals surface area contributed by atoms with E-state index in [0.29, 0.717) is 13.0 Å². The Morgan fingerprint density at radius 3 is 2.36 bits per heavy atom. The van der Waals surface area contributed by atoms with Gasteiger partial charge < -0.3 is 10.0 Å². The minimum absolute atomic E-state index is 0.0408. The maximum atomic E-state index is 12.0. The summed E-state index contributed by atoms with van der Waals surface area (Å²) in [5.74, 6) is 0.0408. The molecule has 0 radical (unpaired) electrons. The summed E-state index contributed by atoms with van der Waals surface area (Å²) in [6, 6.07) is 0. The second kappa shape index (κ2) is 3.49. The number of likely N-dealkylation sites (tertiary alicyclic amines) is 1. The van der Waals surface area contributed by atoms with E-state index in [-0.39, 0.29) is 5.91 Å². The van der Waals surface area contributed by atoms with Crippen LogP contribution in [-0.4, -0.2) is 38.4 Å². The van der Waals surface area contributed by atoms with Crippen LogP contribution in [0.15, 0.2) is 0 Å². The normalized spacial score (nSPS) is 26.7. The molecule has 0 aromatic heterocycles. The number of carbonyl (C=O) groups excluding carboxylic acids is 1. The summed E-state index contributed by atoms with van der Waals surface area (Å²) in [5.41, 5.74) is -0.442. The highest BCUT2D eigenvalue weighted by Crippen LogP contribution is 2.32. The molecule has 3 nitrogen and oxygen atoms in total. The maximum Gasteiger partial charge on any atom is 0.239 e. The van der Waals surface area contributed by atoms with Gasteiger partial charge in [0.2, 0.25) is 5.91 Å². The first-order valence-electron chi connectivity index (χ1n) is 4.86. The lowest BCUT2D eigenvalue weighted by Gasteiger charge is -2.37. The first-order chi connectivity index (χ1) is 6.17. The van der Waals surface area contributed by atoms with Crippen LogP contribution in [0.4, 0.5) is 0 Å². The molecule has 1 atom stereocenters. The fourth-order valence-corrected chi connectivity index (χ4v) is 1.97. The number of aliphatic hydroxyl groups is 1. The third kappa shape index (κ3) is 1.96. The summed E-state index contributed by atoms with van der Waals surface area (Å²) >= 11 is 3.35. The van der Waals surface area contributed by atoms with E-state index in [2.05, 4.69) is 15.9 Å². The van der Waals surface area contributed by atoms with Crippen molar-refractivity contribution >= 4 is 21.8 Å². The van der Waals surface area contributed by atoms with Gasteiger partial charge in [-0.2, -0.15) is 0 Å². The van der Waals surface area contributed by atoms with E-state index in [4.69, 9.17) is 0 Å². The van der Waals surface area contributed by atoms with Gasteiger partial charge in [0.15, 0.2) is 0 Å². The topological polar surface area (TPSA) is 40.5 Å². The maximum absolute atomic E-state index is 12.0. The zero-order valence-electron chi connectivity index (χ0n) is 9.17. The molecule has 1 unspecified atom stereocenters. The highest BCUT2D eigenvalue weighted by Gasteiger charge is 2.45. The highest BCUT2D eigenvalue weighted by atomic mass is 79.9. The van der Waals surface area contributed by atoms with E-state index in [0.717, 1.165) is 0 Å². The summed E-state index contributed by atoms with van der Waals surface area (Å²) in [5, 5.41) is 9.73. The minimum atomic E-state index is -0.547. The SMILES string of the molecule is CC(C)(Br)C(=O)N1CCC(O)C1(C)C. The van der Waals surface area contributed by atoms with Crippen molar-refractivity contribution < 1.29 is 9.90 Å². The molecule has 1 N–H and O–H groups in total. The molecule has 0 aromatic carbocycles. The monoisotopic (exact) mass is 263 g/mol. The van der Waals surface area contributed by atoms with Crippen molar-refractivity contribution in [2.24, 2.45) is 0 Å². The third-order valence-corrected chi connectivity index (χ3v) is 3.23. The number of aliphatic hydroxyl groups excluding tert-OH is 1. The average Bonchev–Trinajstić information content (AvgIpc) is 2.25. The van der Waals surface area contributed by atoms with Gasteiger partial charge in [-0.3, -0.25) is 4.79 Å². The number of hydrogen-bond acceptors (Lipinski definition) is 2. The van der Waals surface area contributed by atoms with E-state index in [9.17, 15) is 9.90 Å². The van der Waals surface area contributed by atoms with Crippen molar-refractivity contribution in [3.05, 3.63) is 0 Å². The standard InChI is InChI=1S/C10H18BrNO2/c1-9(2,11)8(14)12-6-5-7(13)10(12,3)4/h7,13H,5-6H2,1-4H3.